The molecule has 4 aromatic rings. The van der Waals surface area contributed by atoms with E-state index >= 15 is 0 Å². The number of fused-ring (bicyclic) bond motifs is 1. The van der Waals surface area contributed by atoms with E-state index in [2.05, 4.69) is 16.3 Å². The lowest BCUT2D eigenvalue weighted by Gasteiger charge is -2.36. The second-order valence-corrected chi connectivity index (χ2v) is 9.72. The molecule has 2 aromatic heterocycles. The Morgan fingerprint density at radius 3 is 2.56 bits per heavy atom. The molecular formula is C30H26ClF3N6O3. The molecule has 1 aliphatic heterocycles. The van der Waals surface area contributed by atoms with Crippen LogP contribution in [0.3, 0.4) is 0 Å². The average Bonchev–Trinajstić information content (AvgIpc) is 3.36. The Hall–Kier alpha value is -4.89. The maximum absolute atomic E-state index is 13.6. The number of nitriles is 1. The summed E-state index contributed by atoms with van der Waals surface area (Å²) in [6.07, 6.45) is 0.459. The predicted molar refractivity (Wildman–Crippen MR) is 145 cm³/mol. The molecule has 0 saturated heterocycles. The molecule has 1 unspecified atom stereocenters. The first-order valence-electron chi connectivity index (χ1n) is 13.0. The van der Waals surface area contributed by atoms with Gasteiger partial charge in [0.1, 0.15) is 12.6 Å². The Morgan fingerprint density at radius 1 is 1.14 bits per heavy atom. The van der Waals surface area contributed by atoms with Gasteiger partial charge in [-0.25, -0.2) is 23.8 Å². The molecule has 1 N–H and O–H groups in total. The molecule has 0 fully saturated rings. The number of anilines is 2. The Bertz CT molecular complexity index is 1780. The molecule has 0 amide bonds. The van der Waals surface area contributed by atoms with Crippen LogP contribution >= 0.6 is 0 Å². The van der Waals surface area contributed by atoms with Crippen molar-refractivity contribution in [2.24, 2.45) is 0 Å². The van der Waals surface area contributed by atoms with Crippen molar-refractivity contribution < 1.29 is 39.7 Å². The second kappa shape index (κ2) is 12.5. The SMILES string of the molecule is COC(=O)C1=C(C)N(c2cccc(C(F)(F)F)c2)c2n[nH]c(=O)n2C1c1ccc(C#N)cc1CCC[n+]1ccccc1.[Cl-]. The van der Waals surface area contributed by atoms with Crippen LogP contribution in [0, 0.1) is 11.3 Å². The van der Waals surface area contributed by atoms with Crippen LogP contribution in [0.4, 0.5) is 24.8 Å². The number of halogens is 4. The zero-order chi connectivity index (χ0) is 30.0. The number of nitrogens with one attached hydrogen (secondary N) is 1. The van der Waals surface area contributed by atoms with Crippen molar-refractivity contribution in [1.82, 2.24) is 14.8 Å². The summed E-state index contributed by atoms with van der Waals surface area (Å²) < 4.78 is 49.1. The number of rotatable bonds is 7. The van der Waals surface area contributed by atoms with Gasteiger partial charge in [0.2, 0.25) is 5.95 Å². The molecule has 0 aliphatic carbocycles. The monoisotopic (exact) mass is 610 g/mol. The van der Waals surface area contributed by atoms with Crippen LogP contribution < -0.4 is 27.6 Å². The van der Waals surface area contributed by atoms with Gasteiger partial charge < -0.3 is 17.1 Å². The third-order valence-electron chi connectivity index (χ3n) is 7.19. The summed E-state index contributed by atoms with van der Waals surface area (Å²) in [6.45, 7) is 2.25. The lowest BCUT2D eigenvalue weighted by molar-refractivity contribution is -0.697. The summed E-state index contributed by atoms with van der Waals surface area (Å²) in [5, 5.41) is 16.1. The van der Waals surface area contributed by atoms with Gasteiger partial charge in [-0.2, -0.15) is 18.4 Å². The van der Waals surface area contributed by atoms with Crippen molar-refractivity contribution >= 4 is 17.6 Å². The second-order valence-electron chi connectivity index (χ2n) is 9.72. The van der Waals surface area contributed by atoms with E-state index in [4.69, 9.17) is 4.74 Å². The summed E-state index contributed by atoms with van der Waals surface area (Å²) in [4.78, 5) is 27.9. The van der Waals surface area contributed by atoms with Crippen molar-refractivity contribution in [2.45, 2.75) is 38.5 Å². The van der Waals surface area contributed by atoms with Crippen LogP contribution in [-0.2, 0) is 28.7 Å². The number of nitrogens with zero attached hydrogens (tertiary/aromatic N) is 5. The molecule has 2 aromatic carbocycles. The molecule has 0 bridgehead atoms. The molecule has 43 heavy (non-hydrogen) atoms. The van der Waals surface area contributed by atoms with Gasteiger partial charge in [0.05, 0.1) is 29.9 Å². The van der Waals surface area contributed by atoms with Gasteiger partial charge in [-0.3, -0.25) is 4.90 Å². The number of hydrogen-bond acceptors (Lipinski definition) is 6. The Kier molecular flexibility index (Phi) is 9.06. The molecule has 222 valence electrons. The first kappa shape index (κ1) is 31.1. The summed E-state index contributed by atoms with van der Waals surface area (Å²) >= 11 is 0. The molecule has 5 rings (SSSR count). The van der Waals surface area contributed by atoms with E-state index < -0.39 is 29.4 Å². The van der Waals surface area contributed by atoms with Gasteiger partial charge in [-0.15, -0.1) is 5.10 Å². The van der Waals surface area contributed by atoms with Gasteiger partial charge in [0.25, 0.3) is 0 Å². The molecule has 0 saturated carbocycles. The van der Waals surface area contributed by atoms with Gasteiger partial charge >= 0.3 is 17.8 Å². The predicted octanol–water partition coefficient (Wildman–Crippen LogP) is 1.57. The van der Waals surface area contributed by atoms with E-state index in [1.165, 1.54) is 28.7 Å². The number of allylic oxidation sites excluding steroid dienone is 1. The van der Waals surface area contributed by atoms with E-state index in [1.54, 1.807) is 25.1 Å². The zero-order valence-electron chi connectivity index (χ0n) is 23.1. The summed E-state index contributed by atoms with van der Waals surface area (Å²) in [5.41, 5.74) is 0.490. The Balaban J connectivity index is 0.00000423. The van der Waals surface area contributed by atoms with Crippen LogP contribution in [0.15, 0.2) is 89.1 Å². The van der Waals surface area contributed by atoms with Crippen molar-refractivity contribution in [3.8, 4) is 6.07 Å². The fourth-order valence-corrected chi connectivity index (χ4v) is 5.27. The number of hydrogen-bond donors (Lipinski definition) is 1. The number of aromatic amines is 1. The number of ether oxygens (including phenoxy) is 1. The Morgan fingerprint density at radius 2 is 1.88 bits per heavy atom. The van der Waals surface area contributed by atoms with E-state index in [0.29, 0.717) is 30.5 Å². The number of carbonyl (C=O) groups excluding carboxylic acids is 1. The van der Waals surface area contributed by atoms with Crippen molar-refractivity contribution in [1.29, 1.82) is 5.26 Å². The van der Waals surface area contributed by atoms with Crippen LogP contribution in [0.2, 0.25) is 0 Å². The number of H-pyrrole nitrogens is 1. The Labute approximate surface area is 250 Å². The maximum Gasteiger partial charge on any atom is 0.416 e. The average molecular weight is 611 g/mol. The minimum Gasteiger partial charge on any atom is -1.00 e. The summed E-state index contributed by atoms with van der Waals surface area (Å²) in [6, 6.07) is 16.4. The summed E-state index contributed by atoms with van der Waals surface area (Å²) in [5.74, 6) is -0.756. The molecule has 0 radical (unpaired) electrons. The molecular weight excluding hydrogens is 585 g/mol. The highest BCUT2D eigenvalue weighted by Gasteiger charge is 2.41. The van der Waals surface area contributed by atoms with E-state index in [1.807, 2.05) is 35.2 Å². The highest BCUT2D eigenvalue weighted by atomic mass is 35.5. The first-order chi connectivity index (χ1) is 20.1. The normalized spacial score (nSPS) is 14.5. The molecule has 0 spiro atoms. The third-order valence-corrected chi connectivity index (χ3v) is 7.19. The van der Waals surface area contributed by atoms with Gasteiger partial charge in [-0.1, -0.05) is 18.2 Å². The smallest absolute Gasteiger partial charge is 0.416 e. The van der Waals surface area contributed by atoms with Crippen LogP contribution in [0.1, 0.15) is 41.6 Å². The highest BCUT2D eigenvalue weighted by Crippen LogP contribution is 2.43. The first-order valence-corrected chi connectivity index (χ1v) is 13.0. The number of carbonyl (C=O) groups is 1. The zero-order valence-corrected chi connectivity index (χ0v) is 23.9. The molecule has 1 atom stereocenters. The van der Waals surface area contributed by atoms with Crippen LogP contribution in [0.25, 0.3) is 0 Å². The fourth-order valence-electron chi connectivity index (χ4n) is 5.27. The maximum atomic E-state index is 13.6. The van der Waals surface area contributed by atoms with Gasteiger partial charge in [0, 0.05) is 29.9 Å². The highest BCUT2D eigenvalue weighted by molar-refractivity contribution is 5.93. The van der Waals surface area contributed by atoms with Crippen LogP contribution in [-0.4, -0.2) is 27.8 Å². The van der Waals surface area contributed by atoms with Gasteiger partial charge in [-0.05, 0) is 54.8 Å². The van der Waals surface area contributed by atoms with Crippen molar-refractivity contribution in [3.63, 3.8) is 0 Å². The lowest BCUT2D eigenvalue weighted by atomic mass is 9.88. The number of esters is 1. The molecule has 3 heterocycles. The van der Waals surface area contributed by atoms with Gasteiger partial charge in [0.15, 0.2) is 12.4 Å². The number of methoxy groups -OCH3 is 1. The number of aromatic nitrogens is 4. The standard InChI is InChI=1S/C30H25F3N6O3.ClH/c1-19-25(27(40)42-2)26(24-12-11-20(18-34)16-21(24)8-7-15-37-13-4-3-5-14-37)39-28(35-36-29(39)41)38(19)23-10-6-9-22(17-23)30(31,32)33;/h3-6,9-14,16-17,26H,7-8,15H2,1-2H3;1H. The third kappa shape index (κ3) is 6.03. The van der Waals surface area contributed by atoms with E-state index in [9.17, 15) is 28.0 Å². The molecule has 13 heteroatoms. The van der Waals surface area contributed by atoms with E-state index in [-0.39, 0.29) is 35.3 Å². The minimum atomic E-state index is -4.61. The minimum absolute atomic E-state index is 0. The van der Waals surface area contributed by atoms with Crippen molar-refractivity contribution in [2.75, 3.05) is 12.0 Å². The van der Waals surface area contributed by atoms with Crippen molar-refractivity contribution in [3.05, 3.63) is 117 Å². The quantitative estimate of drug-likeness (QED) is 0.252. The fraction of sp³-hybridized carbons (Fsp3) is 0.233. The summed E-state index contributed by atoms with van der Waals surface area (Å²) in [7, 11) is 1.19. The van der Waals surface area contributed by atoms with E-state index in [0.717, 1.165) is 17.7 Å². The lowest BCUT2D eigenvalue weighted by Crippen LogP contribution is -3.00. The number of aryl methyl sites for hydroxylation is 2. The number of benzene rings is 2. The number of pyridine rings is 1. The topological polar surface area (TPSA) is 108 Å². The largest absolute Gasteiger partial charge is 1.00 e. The molecule has 9 nitrogen and oxygen atoms in total. The molecule has 1 aliphatic rings. The number of alkyl halides is 3. The van der Waals surface area contributed by atoms with Crippen LogP contribution in [0.5, 0.6) is 0 Å².